The summed E-state index contributed by atoms with van der Waals surface area (Å²) < 4.78 is 47.6. The summed E-state index contributed by atoms with van der Waals surface area (Å²) in [5, 5.41) is 0. The fourth-order valence-electron chi connectivity index (χ4n) is 0.867. The summed E-state index contributed by atoms with van der Waals surface area (Å²) in [5.41, 5.74) is -1.51. The van der Waals surface area contributed by atoms with Crippen LogP contribution < -0.4 is 0 Å². The molecule has 14 heavy (non-hydrogen) atoms. The molecule has 0 saturated carbocycles. The van der Waals surface area contributed by atoms with Crippen molar-refractivity contribution in [2.24, 2.45) is 0 Å². The molecule has 0 N–H and O–H groups in total. The lowest BCUT2D eigenvalue weighted by atomic mass is 10.1. The van der Waals surface area contributed by atoms with E-state index in [4.69, 9.17) is 0 Å². The lowest BCUT2D eigenvalue weighted by Crippen LogP contribution is -2.07. The van der Waals surface area contributed by atoms with E-state index in [2.05, 4.69) is 4.94 Å². The van der Waals surface area contributed by atoms with Crippen molar-refractivity contribution in [2.45, 2.75) is 6.18 Å². The molecule has 0 aliphatic rings. The minimum atomic E-state index is -4.56. The Hall–Kier alpha value is -1.59. The average Bonchev–Trinajstić information content (AvgIpc) is 2.15. The van der Waals surface area contributed by atoms with Gasteiger partial charge in [-0.2, -0.15) is 13.2 Å². The number of benzene rings is 1. The fraction of sp³-hybridized carbons (Fsp3) is 0.125. The zero-order chi connectivity index (χ0) is 10.8. The molecule has 0 aliphatic heterocycles. The van der Waals surface area contributed by atoms with E-state index >= 15 is 0 Å². The third-order valence-electron chi connectivity index (χ3n) is 1.50. The minimum absolute atomic E-state index is 0.484. The van der Waals surface area contributed by atoms with Crippen LogP contribution in [0, 0.1) is 0 Å². The number of halogens is 4. The van der Waals surface area contributed by atoms with Gasteiger partial charge in [-0.05, 0) is 18.2 Å². The van der Waals surface area contributed by atoms with Crippen LogP contribution in [0.4, 0.5) is 17.7 Å². The number of carbonyl (C=O) groups is 1. The predicted octanol–water partition coefficient (Wildman–Crippen LogP) is 2.75. The molecule has 0 spiro atoms. The molecule has 1 aromatic rings. The van der Waals surface area contributed by atoms with Crippen molar-refractivity contribution in [1.82, 2.24) is 0 Å². The van der Waals surface area contributed by atoms with Gasteiger partial charge in [-0.3, -0.25) is 0 Å². The van der Waals surface area contributed by atoms with Crippen molar-refractivity contribution in [3.63, 3.8) is 0 Å². The first-order chi connectivity index (χ1) is 6.45. The van der Waals surface area contributed by atoms with Crippen LogP contribution >= 0.6 is 0 Å². The SMILES string of the molecule is O=C(OF)c1cccc(C(F)(F)F)c1. The van der Waals surface area contributed by atoms with Gasteiger partial charge in [0.15, 0.2) is 0 Å². The number of alkyl halides is 3. The van der Waals surface area contributed by atoms with E-state index in [1.165, 1.54) is 0 Å². The van der Waals surface area contributed by atoms with E-state index < -0.39 is 23.3 Å². The molecule has 1 aromatic carbocycles. The molecule has 0 heterocycles. The first-order valence-corrected chi connectivity index (χ1v) is 3.45. The third-order valence-corrected chi connectivity index (χ3v) is 1.50. The van der Waals surface area contributed by atoms with Gasteiger partial charge < -0.3 is 0 Å². The number of carbonyl (C=O) groups excluding carboxylic acids is 1. The second-order valence-corrected chi connectivity index (χ2v) is 2.44. The molecule has 0 aromatic heterocycles. The van der Waals surface area contributed by atoms with Gasteiger partial charge in [-0.25, -0.2) is 9.74 Å². The Morgan fingerprint density at radius 2 is 1.93 bits per heavy atom. The molecule has 0 fully saturated rings. The largest absolute Gasteiger partial charge is 0.416 e. The molecule has 0 bridgehead atoms. The van der Waals surface area contributed by atoms with Gasteiger partial charge in [0.2, 0.25) is 0 Å². The maximum atomic E-state index is 12.1. The summed E-state index contributed by atoms with van der Waals surface area (Å²) in [6.07, 6.45) is -4.56. The molecule has 0 aliphatic carbocycles. The second-order valence-electron chi connectivity index (χ2n) is 2.44. The van der Waals surface area contributed by atoms with E-state index in [-0.39, 0.29) is 0 Å². The molecule has 76 valence electrons. The van der Waals surface area contributed by atoms with Crippen LogP contribution in [0.2, 0.25) is 0 Å². The lowest BCUT2D eigenvalue weighted by Gasteiger charge is -2.06. The van der Waals surface area contributed by atoms with Crippen LogP contribution in [-0.2, 0) is 11.1 Å². The standard InChI is InChI=1S/C8H4F4O2/c9-8(10,11)6-3-1-2-5(4-6)7(13)14-12/h1-4H. The van der Waals surface area contributed by atoms with Crippen molar-refractivity contribution in [3.05, 3.63) is 35.4 Å². The number of hydrogen-bond donors (Lipinski definition) is 0. The van der Waals surface area contributed by atoms with Gasteiger partial charge in [-0.1, -0.05) is 6.07 Å². The van der Waals surface area contributed by atoms with Crippen LogP contribution in [0.5, 0.6) is 0 Å². The summed E-state index contributed by atoms with van der Waals surface area (Å²) in [4.78, 5) is 13.3. The highest BCUT2D eigenvalue weighted by Crippen LogP contribution is 2.29. The maximum absolute atomic E-state index is 12.1. The molecule has 2 nitrogen and oxygen atoms in total. The summed E-state index contributed by atoms with van der Waals surface area (Å²) >= 11 is 0. The number of rotatable bonds is 1. The van der Waals surface area contributed by atoms with Crippen LogP contribution in [0.15, 0.2) is 24.3 Å². The van der Waals surface area contributed by atoms with Gasteiger partial charge in [0.1, 0.15) is 0 Å². The van der Waals surface area contributed by atoms with E-state index in [0.717, 1.165) is 18.2 Å². The quantitative estimate of drug-likeness (QED) is 0.663. The molecule has 0 radical (unpaired) electrons. The van der Waals surface area contributed by atoms with Gasteiger partial charge in [0.05, 0.1) is 11.1 Å². The molecule has 0 unspecified atom stereocenters. The number of hydrogen-bond acceptors (Lipinski definition) is 2. The van der Waals surface area contributed by atoms with E-state index in [0.29, 0.717) is 6.07 Å². The van der Waals surface area contributed by atoms with Crippen molar-refractivity contribution in [3.8, 4) is 0 Å². The Balaban J connectivity index is 3.08. The van der Waals surface area contributed by atoms with Gasteiger partial charge >= 0.3 is 12.1 Å². The fourth-order valence-corrected chi connectivity index (χ4v) is 0.867. The van der Waals surface area contributed by atoms with E-state index in [1.807, 2.05) is 0 Å². The Labute approximate surface area is 76.0 Å². The van der Waals surface area contributed by atoms with Crippen LogP contribution in [0.1, 0.15) is 15.9 Å². The summed E-state index contributed by atoms with van der Waals surface area (Å²) in [7, 11) is 0. The van der Waals surface area contributed by atoms with Crippen LogP contribution in [0.3, 0.4) is 0 Å². The van der Waals surface area contributed by atoms with Gasteiger partial charge in [0, 0.05) is 4.53 Å². The van der Waals surface area contributed by atoms with Crippen LogP contribution in [0.25, 0.3) is 0 Å². The second kappa shape index (κ2) is 3.65. The Morgan fingerprint density at radius 1 is 1.29 bits per heavy atom. The highest BCUT2D eigenvalue weighted by Gasteiger charge is 2.31. The molecule has 0 atom stereocenters. The van der Waals surface area contributed by atoms with Crippen molar-refractivity contribution in [2.75, 3.05) is 0 Å². The zero-order valence-corrected chi connectivity index (χ0v) is 6.64. The van der Waals surface area contributed by atoms with E-state index in [9.17, 15) is 22.5 Å². The van der Waals surface area contributed by atoms with Crippen molar-refractivity contribution >= 4 is 5.97 Å². The Kier molecular flexibility index (Phi) is 2.73. The topological polar surface area (TPSA) is 26.3 Å². The Bertz CT molecular complexity index is 345. The van der Waals surface area contributed by atoms with E-state index in [1.54, 1.807) is 0 Å². The molecule has 6 heteroatoms. The average molecular weight is 208 g/mol. The van der Waals surface area contributed by atoms with Gasteiger partial charge in [0.25, 0.3) is 0 Å². The normalized spacial score (nSPS) is 11.1. The minimum Gasteiger partial charge on any atom is -0.249 e. The molecular formula is C8H4F4O2. The highest BCUT2D eigenvalue weighted by molar-refractivity contribution is 5.89. The molecule has 0 saturated heterocycles. The van der Waals surface area contributed by atoms with Crippen molar-refractivity contribution < 1.29 is 27.4 Å². The summed E-state index contributed by atoms with van der Waals surface area (Å²) in [6.45, 7) is 0. The van der Waals surface area contributed by atoms with Crippen molar-refractivity contribution in [1.29, 1.82) is 0 Å². The lowest BCUT2D eigenvalue weighted by molar-refractivity contribution is -0.137. The van der Waals surface area contributed by atoms with Crippen LogP contribution in [-0.4, -0.2) is 5.97 Å². The maximum Gasteiger partial charge on any atom is 0.416 e. The molecule has 0 amide bonds. The molecule has 1 rings (SSSR count). The Morgan fingerprint density at radius 3 is 2.43 bits per heavy atom. The van der Waals surface area contributed by atoms with Gasteiger partial charge in [-0.15, -0.1) is 0 Å². The first kappa shape index (κ1) is 10.5. The summed E-state index contributed by atoms with van der Waals surface area (Å²) in [6, 6.07) is 3.31. The highest BCUT2D eigenvalue weighted by atomic mass is 19.4. The monoisotopic (exact) mass is 208 g/mol. The first-order valence-electron chi connectivity index (χ1n) is 3.45. The predicted molar refractivity (Wildman–Crippen MR) is 38.0 cm³/mol. The smallest absolute Gasteiger partial charge is 0.249 e. The third kappa shape index (κ3) is 2.21. The summed E-state index contributed by atoms with van der Waals surface area (Å²) in [5.74, 6) is -1.45. The zero-order valence-electron chi connectivity index (χ0n) is 6.64. The molecular weight excluding hydrogens is 204 g/mol.